The van der Waals surface area contributed by atoms with Gasteiger partial charge in [0.05, 0.1) is 33.9 Å². The molecule has 0 saturated carbocycles. The molecule has 0 aliphatic heterocycles. The maximum Gasteiger partial charge on any atom is 0.224 e. The number of benzene rings is 2. The van der Waals surface area contributed by atoms with Crippen molar-refractivity contribution in [2.75, 3.05) is 34.0 Å². The van der Waals surface area contributed by atoms with Gasteiger partial charge in [-0.05, 0) is 44.0 Å². The first kappa shape index (κ1) is 21.4. The van der Waals surface area contributed by atoms with Gasteiger partial charge in [-0.1, -0.05) is 12.1 Å². The number of carbonyl (C=O) groups excluding carboxylic acids is 1. The van der Waals surface area contributed by atoms with Crippen molar-refractivity contribution < 1.29 is 23.7 Å². The highest BCUT2D eigenvalue weighted by Crippen LogP contribution is 2.28. The summed E-state index contributed by atoms with van der Waals surface area (Å²) in [5, 5.41) is 2.95. The molecule has 0 atom stereocenters. The van der Waals surface area contributed by atoms with Crippen LogP contribution in [0, 0.1) is 0 Å². The SMILES string of the molecule is CCOc1ccc(CCNC(=O)Cc2ccc(OC)cc2OC)cc1OCC. The fourth-order valence-corrected chi connectivity index (χ4v) is 2.83. The van der Waals surface area contributed by atoms with Crippen molar-refractivity contribution in [3.63, 3.8) is 0 Å². The van der Waals surface area contributed by atoms with E-state index in [0.717, 1.165) is 22.6 Å². The number of rotatable bonds is 11. The van der Waals surface area contributed by atoms with Crippen molar-refractivity contribution in [1.82, 2.24) is 5.32 Å². The number of nitrogens with one attached hydrogen (secondary N) is 1. The molecule has 0 unspecified atom stereocenters. The minimum Gasteiger partial charge on any atom is -0.497 e. The lowest BCUT2D eigenvalue weighted by Gasteiger charge is -2.13. The second kappa shape index (κ2) is 11.1. The van der Waals surface area contributed by atoms with Crippen LogP contribution in [0.4, 0.5) is 0 Å². The van der Waals surface area contributed by atoms with Gasteiger partial charge < -0.3 is 24.3 Å². The van der Waals surface area contributed by atoms with Crippen LogP contribution in [-0.4, -0.2) is 39.9 Å². The summed E-state index contributed by atoms with van der Waals surface area (Å²) >= 11 is 0. The van der Waals surface area contributed by atoms with Crippen molar-refractivity contribution in [3.05, 3.63) is 47.5 Å². The summed E-state index contributed by atoms with van der Waals surface area (Å²) in [4.78, 5) is 12.3. The Morgan fingerprint density at radius 3 is 2.32 bits per heavy atom. The number of hydrogen-bond acceptors (Lipinski definition) is 5. The summed E-state index contributed by atoms with van der Waals surface area (Å²) in [6, 6.07) is 11.3. The molecule has 0 spiro atoms. The number of carbonyl (C=O) groups is 1. The van der Waals surface area contributed by atoms with Gasteiger partial charge >= 0.3 is 0 Å². The minimum absolute atomic E-state index is 0.0561. The van der Waals surface area contributed by atoms with Crippen LogP contribution in [0.2, 0.25) is 0 Å². The smallest absolute Gasteiger partial charge is 0.224 e. The molecule has 0 fully saturated rings. The molecule has 152 valence electrons. The van der Waals surface area contributed by atoms with Crippen molar-refractivity contribution in [3.8, 4) is 23.0 Å². The van der Waals surface area contributed by atoms with Crippen LogP contribution in [-0.2, 0) is 17.6 Å². The molecule has 0 bridgehead atoms. The topological polar surface area (TPSA) is 66.0 Å². The minimum atomic E-state index is -0.0561. The monoisotopic (exact) mass is 387 g/mol. The molecule has 0 heterocycles. The molecule has 0 aromatic heterocycles. The second-order valence-electron chi connectivity index (χ2n) is 6.10. The summed E-state index contributed by atoms with van der Waals surface area (Å²) in [6.07, 6.45) is 0.957. The lowest BCUT2D eigenvalue weighted by Crippen LogP contribution is -2.27. The van der Waals surface area contributed by atoms with E-state index in [-0.39, 0.29) is 12.3 Å². The third kappa shape index (κ3) is 6.08. The van der Waals surface area contributed by atoms with Gasteiger partial charge in [-0.3, -0.25) is 4.79 Å². The largest absolute Gasteiger partial charge is 0.497 e. The van der Waals surface area contributed by atoms with Crippen LogP contribution in [0.15, 0.2) is 36.4 Å². The maximum absolute atomic E-state index is 12.3. The van der Waals surface area contributed by atoms with Crippen molar-refractivity contribution in [1.29, 1.82) is 0 Å². The molecule has 2 aromatic carbocycles. The standard InChI is InChI=1S/C22H29NO5/c1-5-27-19-10-7-16(13-21(19)28-6-2)11-12-23-22(24)14-17-8-9-18(25-3)15-20(17)26-4/h7-10,13,15H,5-6,11-12,14H2,1-4H3,(H,23,24). The van der Waals surface area contributed by atoms with Gasteiger partial charge in [0.15, 0.2) is 11.5 Å². The molecule has 1 N–H and O–H groups in total. The third-order valence-electron chi connectivity index (χ3n) is 4.19. The van der Waals surface area contributed by atoms with Gasteiger partial charge in [0.2, 0.25) is 5.91 Å². The average Bonchev–Trinajstić information content (AvgIpc) is 2.70. The number of ether oxygens (including phenoxy) is 4. The van der Waals surface area contributed by atoms with E-state index in [1.807, 2.05) is 44.2 Å². The summed E-state index contributed by atoms with van der Waals surface area (Å²) in [7, 11) is 3.18. The Morgan fingerprint density at radius 2 is 1.64 bits per heavy atom. The maximum atomic E-state index is 12.3. The van der Waals surface area contributed by atoms with E-state index >= 15 is 0 Å². The molecule has 0 aliphatic carbocycles. The van der Waals surface area contributed by atoms with Gasteiger partial charge in [-0.25, -0.2) is 0 Å². The number of hydrogen-bond donors (Lipinski definition) is 1. The first-order valence-corrected chi connectivity index (χ1v) is 9.47. The van der Waals surface area contributed by atoms with E-state index in [1.165, 1.54) is 0 Å². The highest BCUT2D eigenvalue weighted by atomic mass is 16.5. The molecule has 2 rings (SSSR count). The second-order valence-corrected chi connectivity index (χ2v) is 6.10. The quantitative estimate of drug-likeness (QED) is 0.640. The Bertz CT molecular complexity index is 776. The highest BCUT2D eigenvalue weighted by molar-refractivity contribution is 5.79. The zero-order valence-electron chi connectivity index (χ0n) is 17.0. The van der Waals surface area contributed by atoms with Crippen molar-refractivity contribution >= 4 is 5.91 Å². The summed E-state index contributed by atoms with van der Waals surface area (Å²) in [5.41, 5.74) is 1.90. The van der Waals surface area contributed by atoms with Crippen LogP contribution in [0.1, 0.15) is 25.0 Å². The van der Waals surface area contributed by atoms with Gasteiger partial charge in [-0.15, -0.1) is 0 Å². The van der Waals surface area contributed by atoms with Crippen molar-refractivity contribution in [2.45, 2.75) is 26.7 Å². The van der Waals surface area contributed by atoms with E-state index in [4.69, 9.17) is 18.9 Å². The van der Waals surface area contributed by atoms with E-state index < -0.39 is 0 Å². The molecule has 2 aromatic rings. The molecule has 0 radical (unpaired) electrons. The Hall–Kier alpha value is -2.89. The van der Waals surface area contributed by atoms with Crippen LogP contribution in [0.5, 0.6) is 23.0 Å². The van der Waals surface area contributed by atoms with Gasteiger partial charge in [0.1, 0.15) is 11.5 Å². The first-order valence-electron chi connectivity index (χ1n) is 9.47. The fourth-order valence-electron chi connectivity index (χ4n) is 2.83. The molecule has 0 saturated heterocycles. The van der Waals surface area contributed by atoms with E-state index in [2.05, 4.69) is 5.32 Å². The summed E-state index contributed by atoms with van der Waals surface area (Å²) in [6.45, 7) is 5.58. The lowest BCUT2D eigenvalue weighted by molar-refractivity contribution is -0.120. The Kier molecular flexibility index (Phi) is 8.46. The zero-order chi connectivity index (χ0) is 20.4. The van der Waals surface area contributed by atoms with E-state index in [1.54, 1.807) is 20.3 Å². The number of amides is 1. The van der Waals surface area contributed by atoms with Gasteiger partial charge in [-0.2, -0.15) is 0 Å². The number of methoxy groups -OCH3 is 2. The van der Waals surface area contributed by atoms with Gasteiger partial charge in [0.25, 0.3) is 0 Å². The molecule has 6 nitrogen and oxygen atoms in total. The third-order valence-corrected chi connectivity index (χ3v) is 4.19. The molecular formula is C22H29NO5. The van der Waals surface area contributed by atoms with E-state index in [9.17, 15) is 4.79 Å². The van der Waals surface area contributed by atoms with Crippen LogP contribution < -0.4 is 24.3 Å². The predicted molar refractivity (Wildman–Crippen MR) is 109 cm³/mol. The zero-order valence-corrected chi connectivity index (χ0v) is 17.0. The molecule has 0 aliphatic rings. The fraction of sp³-hybridized carbons (Fsp3) is 0.409. The molecule has 6 heteroatoms. The highest BCUT2D eigenvalue weighted by Gasteiger charge is 2.11. The van der Waals surface area contributed by atoms with Crippen molar-refractivity contribution in [2.24, 2.45) is 0 Å². The van der Waals surface area contributed by atoms with E-state index in [0.29, 0.717) is 37.7 Å². The van der Waals surface area contributed by atoms with Crippen LogP contribution in [0.25, 0.3) is 0 Å². The first-order chi connectivity index (χ1) is 13.6. The molecule has 28 heavy (non-hydrogen) atoms. The average molecular weight is 387 g/mol. The normalized spacial score (nSPS) is 10.3. The molecule has 1 amide bonds. The Labute approximate surface area is 166 Å². The van der Waals surface area contributed by atoms with Gasteiger partial charge in [0, 0.05) is 18.2 Å². The van der Waals surface area contributed by atoms with Crippen LogP contribution >= 0.6 is 0 Å². The summed E-state index contributed by atoms with van der Waals surface area (Å²) in [5.74, 6) is 2.75. The molecular weight excluding hydrogens is 358 g/mol. The predicted octanol–water partition coefficient (Wildman–Crippen LogP) is 3.40. The van der Waals surface area contributed by atoms with Crippen LogP contribution in [0.3, 0.4) is 0 Å². The Morgan fingerprint density at radius 1 is 0.893 bits per heavy atom. The lowest BCUT2D eigenvalue weighted by atomic mass is 10.1. The summed E-state index contributed by atoms with van der Waals surface area (Å²) < 4.78 is 21.7. The Balaban J connectivity index is 1.91.